The monoisotopic (exact) mass is 297 g/mol. The number of phenolic OH excluding ortho intramolecular Hbond substituents is 2. The van der Waals surface area contributed by atoms with Crippen molar-refractivity contribution >= 4 is 5.78 Å². The molecule has 1 fully saturated rings. The van der Waals surface area contributed by atoms with Gasteiger partial charge in [-0.25, -0.2) is 0 Å². The lowest BCUT2D eigenvalue weighted by molar-refractivity contribution is 0.103. The minimum Gasteiger partial charge on any atom is -0.507 e. The summed E-state index contributed by atoms with van der Waals surface area (Å²) in [7, 11) is 0. The van der Waals surface area contributed by atoms with Gasteiger partial charge < -0.3 is 15.5 Å². The fourth-order valence-corrected chi connectivity index (χ4v) is 2.97. The van der Waals surface area contributed by atoms with Crippen LogP contribution in [0, 0.1) is 0 Å². The highest BCUT2D eigenvalue weighted by Gasteiger charge is 2.25. The average Bonchev–Trinajstić information content (AvgIpc) is 2.56. The minimum absolute atomic E-state index is 0.0292. The maximum absolute atomic E-state index is 12.6. The van der Waals surface area contributed by atoms with Crippen LogP contribution in [0.1, 0.15) is 46.8 Å². The number of hydrogen-bond acceptors (Lipinski definition) is 4. The quantitative estimate of drug-likeness (QED) is 0.761. The highest BCUT2D eigenvalue weighted by atomic mass is 16.3. The summed E-state index contributed by atoms with van der Waals surface area (Å²) in [4.78, 5) is 12.6. The SMILES string of the molecule is O=C(c1ccccc1)c1ccc(O)c(C2CCCCN2)c1O. The molecule has 0 spiro atoms. The van der Waals surface area contributed by atoms with E-state index in [0.717, 1.165) is 25.8 Å². The summed E-state index contributed by atoms with van der Waals surface area (Å²) in [5.41, 5.74) is 1.18. The van der Waals surface area contributed by atoms with Gasteiger partial charge in [0.2, 0.25) is 0 Å². The molecule has 1 aliphatic heterocycles. The molecule has 1 unspecified atom stereocenters. The Morgan fingerprint density at radius 3 is 2.50 bits per heavy atom. The van der Waals surface area contributed by atoms with Crippen LogP contribution in [0.25, 0.3) is 0 Å². The number of benzene rings is 2. The van der Waals surface area contributed by atoms with Crippen molar-refractivity contribution in [3.8, 4) is 11.5 Å². The molecule has 0 bridgehead atoms. The van der Waals surface area contributed by atoms with Crippen LogP contribution < -0.4 is 5.32 Å². The summed E-state index contributed by atoms with van der Waals surface area (Å²) in [6.45, 7) is 0.848. The standard InChI is InChI=1S/C18H19NO3/c20-15-10-9-13(17(21)12-6-2-1-3-7-12)18(22)16(15)14-8-4-5-11-19-14/h1-3,6-7,9-10,14,19-20,22H,4-5,8,11H2. The molecule has 1 atom stereocenters. The number of nitrogens with one attached hydrogen (secondary N) is 1. The predicted molar refractivity (Wildman–Crippen MR) is 84.2 cm³/mol. The second kappa shape index (κ2) is 6.20. The molecule has 4 nitrogen and oxygen atoms in total. The lowest BCUT2D eigenvalue weighted by atomic mass is 9.92. The number of piperidine rings is 1. The first-order chi connectivity index (χ1) is 10.7. The molecular weight excluding hydrogens is 278 g/mol. The second-order valence-corrected chi connectivity index (χ2v) is 5.59. The van der Waals surface area contributed by atoms with Crippen molar-refractivity contribution < 1.29 is 15.0 Å². The van der Waals surface area contributed by atoms with Gasteiger partial charge in [-0.1, -0.05) is 36.8 Å². The van der Waals surface area contributed by atoms with E-state index >= 15 is 0 Å². The van der Waals surface area contributed by atoms with Crippen LogP contribution in [0.3, 0.4) is 0 Å². The van der Waals surface area contributed by atoms with Crippen LogP contribution in [0.15, 0.2) is 42.5 Å². The number of aromatic hydroxyl groups is 2. The van der Waals surface area contributed by atoms with E-state index in [1.54, 1.807) is 24.3 Å². The molecule has 114 valence electrons. The summed E-state index contributed by atoms with van der Waals surface area (Å²) >= 11 is 0. The van der Waals surface area contributed by atoms with Crippen molar-refractivity contribution in [2.75, 3.05) is 6.54 Å². The van der Waals surface area contributed by atoms with Crippen molar-refractivity contribution in [3.63, 3.8) is 0 Å². The third-order valence-electron chi connectivity index (χ3n) is 4.13. The molecule has 0 amide bonds. The Morgan fingerprint density at radius 2 is 1.82 bits per heavy atom. The first kappa shape index (κ1) is 14.6. The topological polar surface area (TPSA) is 69.6 Å². The van der Waals surface area contributed by atoms with Gasteiger partial charge in [-0.2, -0.15) is 0 Å². The van der Waals surface area contributed by atoms with Crippen LogP contribution >= 0.6 is 0 Å². The van der Waals surface area contributed by atoms with Crippen LogP contribution in [0.5, 0.6) is 11.5 Å². The fourth-order valence-electron chi connectivity index (χ4n) is 2.97. The number of phenols is 2. The normalized spacial score (nSPS) is 18.1. The Hall–Kier alpha value is -2.33. The van der Waals surface area contributed by atoms with Gasteiger partial charge in [0.15, 0.2) is 5.78 Å². The van der Waals surface area contributed by atoms with Crippen molar-refractivity contribution in [3.05, 3.63) is 59.2 Å². The molecule has 1 aliphatic rings. The van der Waals surface area contributed by atoms with E-state index in [2.05, 4.69) is 5.32 Å². The molecule has 2 aromatic carbocycles. The van der Waals surface area contributed by atoms with Gasteiger partial charge in [0, 0.05) is 11.6 Å². The minimum atomic E-state index is -0.241. The highest BCUT2D eigenvalue weighted by molar-refractivity contribution is 6.11. The predicted octanol–water partition coefficient (Wildman–Crippen LogP) is 3.14. The van der Waals surface area contributed by atoms with E-state index in [-0.39, 0.29) is 28.9 Å². The van der Waals surface area contributed by atoms with Gasteiger partial charge in [-0.3, -0.25) is 4.79 Å². The zero-order valence-corrected chi connectivity index (χ0v) is 12.2. The molecule has 1 heterocycles. The van der Waals surface area contributed by atoms with Crippen LogP contribution in [0.4, 0.5) is 0 Å². The summed E-state index contributed by atoms with van der Waals surface area (Å²) in [6, 6.07) is 11.7. The number of ketones is 1. The number of carbonyl (C=O) groups is 1. The highest BCUT2D eigenvalue weighted by Crippen LogP contribution is 2.39. The van der Waals surface area contributed by atoms with Gasteiger partial charge in [0.05, 0.1) is 11.1 Å². The van der Waals surface area contributed by atoms with Crippen molar-refractivity contribution in [1.29, 1.82) is 0 Å². The summed E-state index contributed by atoms with van der Waals surface area (Å²) < 4.78 is 0. The molecule has 0 radical (unpaired) electrons. The van der Waals surface area contributed by atoms with Gasteiger partial charge >= 0.3 is 0 Å². The lowest BCUT2D eigenvalue weighted by Gasteiger charge is -2.25. The molecule has 1 saturated heterocycles. The van der Waals surface area contributed by atoms with Crippen LogP contribution in [-0.2, 0) is 0 Å². The van der Waals surface area contributed by atoms with E-state index < -0.39 is 0 Å². The van der Waals surface area contributed by atoms with Gasteiger partial charge in [-0.05, 0) is 31.5 Å². The number of rotatable bonds is 3. The maximum Gasteiger partial charge on any atom is 0.196 e. The largest absolute Gasteiger partial charge is 0.507 e. The van der Waals surface area contributed by atoms with E-state index in [4.69, 9.17) is 0 Å². The summed E-state index contributed by atoms with van der Waals surface area (Å²) in [5.74, 6) is -0.329. The van der Waals surface area contributed by atoms with Gasteiger partial charge in [0.25, 0.3) is 0 Å². The first-order valence-corrected chi connectivity index (χ1v) is 7.56. The molecule has 22 heavy (non-hydrogen) atoms. The Balaban J connectivity index is 2.01. The molecule has 0 aliphatic carbocycles. The molecule has 4 heteroatoms. The molecule has 2 aromatic rings. The lowest BCUT2D eigenvalue weighted by Crippen LogP contribution is -2.27. The molecule has 0 saturated carbocycles. The van der Waals surface area contributed by atoms with Crippen LogP contribution in [-0.4, -0.2) is 22.5 Å². The Morgan fingerprint density at radius 1 is 1.05 bits per heavy atom. The third-order valence-corrected chi connectivity index (χ3v) is 4.13. The Labute approximate surface area is 129 Å². The van der Waals surface area contributed by atoms with E-state index in [0.29, 0.717) is 11.1 Å². The van der Waals surface area contributed by atoms with E-state index in [9.17, 15) is 15.0 Å². The molecule has 0 aromatic heterocycles. The Bertz CT molecular complexity index is 676. The molecule has 3 N–H and O–H groups in total. The van der Waals surface area contributed by atoms with Crippen LogP contribution in [0.2, 0.25) is 0 Å². The van der Waals surface area contributed by atoms with E-state index in [1.807, 2.05) is 6.07 Å². The average molecular weight is 297 g/mol. The van der Waals surface area contributed by atoms with Crippen molar-refractivity contribution in [1.82, 2.24) is 5.32 Å². The smallest absolute Gasteiger partial charge is 0.196 e. The first-order valence-electron chi connectivity index (χ1n) is 7.56. The number of carbonyl (C=O) groups excluding carboxylic acids is 1. The zero-order chi connectivity index (χ0) is 15.5. The zero-order valence-electron chi connectivity index (χ0n) is 12.2. The molecule has 3 rings (SSSR count). The number of hydrogen-bond donors (Lipinski definition) is 3. The fraction of sp³-hybridized carbons (Fsp3) is 0.278. The van der Waals surface area contributed by atoms with E-state index in [1.165, 1.54) is 12.1 Å². The third kappa shape index (κ3) is 2.70. The summed E-state index contributed by atoms with van der Waals surface area (Å²) in [6.07, 6.45) is 2.96. The van der Waals surface area contributed by atoms with Crippen molar-refractivity contribution in [2.45, 2.75) is 25.3 Å². The van der Waals surface area contributed by atoms with Gasteiger partial charge in [0.1, 0.15) is 11.5 Å². The van der Waals surface area contributed by atoms with Gasteiger partial charge in [-0.15, -0.1) is 0 Å². The second-order valence-electron chi connectivity index (χ2n) is 5.59. The summed E-state index contributed by atoms with van der Waals surface area (Å²) in [5, 5.41) is 23.9. The van der Waals surface area contributed by atoms with Crippen molar-refractivity contribution in [2.24, 2.45) is 0 Å². The Kier molecular flexibility index (Phi) is 4.11. The maximum atomic E-state index is 12.6. The molecular formula is C18H19NO3.